The van der Waals surface area contributed by atoms with Gasteiger partial charge in [0.15, 0.2) is 0 Å². The molecule has 0 aromatic heterocycles. The van der Waals surface area contributed by atoms with Crippen LogP contribution in [0.3, 0.4) is 0 Å². The van der Waals surface area contributed by atoms with Crippen LogP contribution in [0.4, 0.5) is 5.69 Å². The molecule has 0 unspecified atom stereocenters. The van der Waals surface area contributed by atoms with E-state index in [1.54, 1.807) is 43.3 Å². The maximum Gasteiger partial charge on any atom is 0.264 e. The van der Waals surface area contributed by atoms with E-state index in [9.17, 15) is 18.0 Å². The van der Waals surface area contributed by atoms with Gasteiger partial charge in [0, 0.05) is 17.1 Å². The summed E-state index contributed by atoms with van der Waals surface area (Å²) in [6, 6.07) is 19.3. The zero-order valence-corrected chi connectivity index (χ0v) is 25.6. The Kier molecular flexibility index (Phi) is 10.6. The van der Waals surface area contributed by atoms with E-state index in [1.165, 1.54) is 17.0 Å². The van der Waals surface area contributed by atoms with Crippen molar-refractivity contribution in [2.45, 2.75) is 57.6 Å². The van der Waals surface area contributed by atoms with Gasteiger partial charge in [-0.3, -0.25) is 13.9 Å². The minimum absolute atomic E-state index is 0.0296. The molecule has 0 spiro atoms. The fourth-order valence-electron chi connectivity index (χ4n) is 3.88. The smallest absolute Gasteiger partial charge is 0.264 e. The molecular formula is C29H33BrClN3O4S. The summed E-state index contributed by atoms with van der Waals surface area (Å²) >= 11 is 9.88. The molecule has 0 saturated carbocycles. The Morgan fingerprint density at radius 1 is 1.00 bits per heavy atom. The number of halogens is 2. The van der Waals surface area contributed by atoms with Crippen LogP contribution in [0.2, 0.25) is 5.02 Å². The first-order chi connectivity index (χ1) is 18.4. The number of aryl methyl sites for hydroxylation is 1. The third-order valence-corrected chi connectivity index (χ3v) is 9.01. The number of nitrogens with zero attached hydrogens (tertiary/aromatic N) is 2. The normalized spacial score (nSPS) is 12.9. The number of rotatable bonds is 11. The summed E-state index contributed by atoms with van der Waals surface area (Å²) in [6.07, 6.45) is 0.729. The zero-order valence-electron chi connectivity index (χ0n) is 22.4. The van der Waals surface area contributed by atoms with Crippen molar-refractivity contribution in [2.75, 3.05) is 10.8 Å². The van der Waals surface area contributed by atoms with Gasteiger partial charge in [-0.05, 0) is 69.2 Å². The van der Waals surface area contributed by atoms with Crippen molar-refractivity contribution >= 4 is 55.1 Å². The van der Waals surface area contributed by atoms with Crippen LogP contribution in [-0.4, -0.2) is 43.8 Å². The fraction of sp³-hybridized carbons (Fsp3) is 0.310. The molecule has 7 nitrogen and oxygen atoms in total. The van der Waals surface area contributed by atoms with Gasteiger partial charge in [-0.25, -0.2) is 8.42 Å². The summed E-state index contributed by atoms with van der Waals surface area (Å²) in [4.78, 5) is 28.5. The lowest BCUT2D eigenvalue weighted by molar-refractivity contribution is -0.139. The molecule has 0 aliphatic heterocycles. The highest BCUT2D eigenvalue weighted by molar-refractivity contribution is 9.10. The van der Waals surface area contributed by atoms with Crippen LogP contribution in [0, 0.1) is 6.92 Å². The number of benzene rings is 3. The largest absolute Gasteiger partial charge is 0.352 e. The Balaban J connectivity index is 2.04. The Hall–Kier alpha value is -2.88. The van der Waals surface area contributed by atoms with Gasteiger partial charge in [0.1, 0.15) is 12.6 Å². The van der Waals surface area contributed by atoms with Crippen molar-refractivity contribution in [3.63, 3.8) is 0 Å². The molecule has 2 atom stereocenters. The van der Waals surface area contributed by atoms with Crippen LogP contribution in [-0.2, 0) is 26.2 Å². The number of anilines is 1. The molecule has 0 saturated heterocycles. The standard InChI is InChI=1S/C29H33BrClN3O4S/c1-5-21(3)32-29(36)22(4)33(18-23-9-8-10-24(30)17-23)28(35)19-34(27-12-7-6-11-26(27)31)39(37,38)25-15-13-20(2)14-16-25/h6-17,21-22H,5,18-19H2,1-4H3,(H,32,36)/t21-,22-/m0/s1. The number of hydrogen-bond acceptors (Lipinski definition) is 4. The van der Waals surface area contributed by atoms with Gasteiger partial charge >= 0.3 is 0 Å². The zero-order chi connectivity index (χ0) is 28.7. The van der Waals surface area contributed by atoms with E-state index < -0.39 is 28.5 Å². The third-order valence-electron chi connectivity index (χ3n) is 6.42. The molecular weight excluding hydrogens is 602 g/mol. The Bertz CT molecular complexity index is 1420. The van der Waals surface area contributed by atoms with Crippen molar-refractivity contribution in [1.29, 1.82) is 0 Å². The molecule has 2 amide bonds. The topological polar surface area (TPSA) is 86.8 Å². The maximum atomic E-state index is 13.9. The molecule has 3 aromatic rings. The highest BCUT2D eigenvalue weighted by Crippen LogP contribution is 2.31. The summed E-state index contributed by atoms with van der Waals surface area (Å²) in [5.41, 5.74) is 1.86. The van der Waals surface area contributed by atoms with Crippen LogP contribution < -0.4 is 9.62 Å². The molecule has 3 aromatic carbocycles. The van der Waals surface area contributed by atoms with Gasteiger partial charge in [0.2, 0.25) is 11.8 Å². The van der Waals surface area contributed by atoms with Crippen molar-refractivity contribution in [1.82, 2.24) is 10.2 Å². The van der Waals surface area contributed by atoms with E-state index in [2.05, 4.69) is 21.2 Å². The van der Waals surface area contributed by atoms with E-state index in [0.717, 1.165) is 26.3 Å². The van der Waals surface area contributed by atoms with Crippen LogP contribution in [0.5, 0.6) is 0 Å². The molecule has 0 fully saturated rings. The maximum absolute atomic E-state index is 13.9. The lowest BCUT2D eigenvalue weighted by atomic mass is 10.1. The van der Waals surface area contributed by atoms with Crippen LogP contribution >= 0.6 is 27.5 Å². The number of hydrogen-bond donors (Lipinski definition) is 1. The number of sulfonamides is 1. The van der Waals surface area contributed by atoms with E-state index in [4.69, 9.17) is 11.6 Å². The van der Waals surface area contributed by atoms with Crippen LogP contribution in [0.15, 0.2) is 82.2 Å². The number of para-hydroxylation sites is 1. The second kappa shape index (κ2) is 13.5. The lowest BCUT2D eigenvalue weighted by Gasteiger charge is -2.32. The molecule has 0 radical (unpaired) electrons. The molecule has 1 N–H and O–H groups in total. The predicted octanol–water partition coefficient (Wildman–Crippen LogP) is 5.94. The minimum atomic E-state index is -4.18. The number of nitrogens with one attached hydrogen (secondary N) is 1. The second-order valence-corrected chi connectivity index (χ2v) is 12.6. The molecule has 208 valence electrons. The second-order valence-electron chi connectivity index (χ2n) is 9.42. The number of amides is 2. The molecule has 0 bridgehead atoms. The van der Waals surface area contributed by atoms with E-state index in [1.807, 2.05) is 45.0 Å². The first-order valence-corrected chi connectivity index (χ1v) is 15.2. The minimum Gasteiger partial charge on any atom is -0.352 e. The summed E-state index contributed by atoms with van der Waals surface area (Å²) in [5.74, 6) is -0.865. The monoisotopic (exact) mass is 633 g/mol. The van der Waals surface area contributed by atoms with Gasteiger partial charge in [-0.2, -0.15) is 0 Å². The van der Waals surface area contributed by atoms with Gasteiger partial charge in [-0.1, -0.05) is 76.4 Å². The molecule has 10 heteroatoms. The van der Waals surface area contributed by atoms with Crippen LogP contribution in [0.1, 0.15) is 38.3 Å². The molecule has 39 heavy (non-hydrogen) atoms. The van der Waals surface area contributed by atoms with Gasteiger partial charge < -0.3 is 10.2 Å². The average Bonchev–Trinajstić information content (AvgIpc) is 2.90. The summed E-state index contributed by atoms with van der Waals surface area (Å²) < 4.78 is 29.5. The summed E-state index contributed by atoms with van der Waals surface area (Å²) in [5, 5.41) is 3.10. The van der Waals surface area contributed by atoms with Crippen molar-refractivity contribution in [3.05, 3.63) is 93.4 Å². The highest BCUT2D eigenvalue weighted by atomic mass is 79.9. The quantitative estimate of drug-likeness (QED) is 0.283. The van der Waals surface area contributed by atoms with E-state index in [-0.39, 0.29) is 34.1 Å². The van der Waals surface area contributed by atoms with Gasteiger partial charge in [0.25, 0.3) is 10.0 Å². The predicted molar refractivity (Wildman–Crippen MR) is 159 cm³/mol. The Morgan fingerprint density at radius 3 is 2.28 bits per heavy atom. The number of carbonyl (C=O) groups is 2. The Labute approximate surface area is 244 Å². The highest BCUT2D eigenvalue weighted by Gasteiger charge is 2.33. The molecule has 0 aliphatic rings. The average molecular weight is 635 g/mol. The lowest BCUT2D eigenvalue weighted by Crippen LogP contribution is -2.52. The fourth-order valence-corrected chi connectivity index (χ4v) is 6.05. The van der Waals surface area contributed by atoms with E-state index in [0.29, 0.717) is 0 Å². The summed E-state index contributed by atoms with van der Waals surface area (Å²) in [6.45, 7) is 6.90. The molecule has 0 aliphatic carbocycles. The molecule has 0 heterocycles. The first kappa shape index (κ1) is 30.7. The summed E-state index contributed by atoms with van der Waals surface area (Å²) in [7, 11) is -4.18. The third kappa shape index (κ3) is 7.84. The van der Waals surface area contributed by atoms with Gasteiger partial charge in [0.05, 0.1) is 15.6 Å². The molecule has 3 rings (SSSR count). The number of carbonyl (C=O) groups excluding carboxylic acids is 2. The van der Waals surface area contributed by atoms with Crippen molar-refractivity contribution < 1.29 is 18.0 Å². The first-order valence-electron chi connectivity index (χ1n) is 12.6. The van der Waals surface area contributed by atoms with Crippen molar-refractivity contribution in [2.24, 2.45) is 0 Å². The Morgan fingerprint density at radius 2 is 1.67 bits per heavy atom. The van der Waals surface area contributed by atoms with Crippen molar-refractivity contribution in [3.8, 4) is 0 Å². The SMILES string of the molecule is CC[C@H](C)NC(=O)[C@H](C)N(Cc1cccc(Br)c1)C(=O)CN(c1ccccc1Cl)S(=O)(=O)c1ccc(C)cc1. The van der Waals surface area contributed by atoms with Gasteiger partial charge in [-0.15, -0.1) is 0 Å². The van der Waals surface area contributed by atoms with E-state index >= 15 is 0 Å². The van der Waals surface area contributed by atoms with Crippen LogP contribution in [0.25, 0.3) is 0 Å².